The molecule has 1 amide bonds. The lowest BCUT2D eigenvalue weighted by molar-refractivity contribution is -0.186. The zero-order valence-electron chi connectivity index (χ0n) is 12.2. The van der Waals surface area contributed by atoms with Crippen molar-refractivity contribution in [2.24, 2.45) is 17.8 Å². The van der Waals surface area contributed by atoms with E-state index in [1.807, 2.05) is 13.8 Å². The molecule has 122 valence electrons. The third-order valence-corrected chi connectivity index (χ3v) is 3.83. The fourth-order valence-corrected chi connectivity index (χ4v) is 2.71. The van der Waals surface area contributed by atoms with Crippen LogP contribution in [0.15, 0.2) is 0 Å². The van der Waals surface area contributed by atoms with Crippen molar-refractivity contribution in [2.75, 3.05) is 0 Å². The van der Waals surface area contributed by atoms with Gasteiger partial charge in [0.1, 0.15) is 6.04 Å². The summed E-state index contributed by atoms with van der Waals surface area (Å²) in [6.07, 6.45) is -3.51. The standard InChI is InChI=1S/C14H22F3NO3/c1-8(2)6-11(13(20)21)18-12(19)9-4-3-5-10(7-9)14(15,16)17/h8-11H,3-7H2,1-2H3,(H,18,19)(H,20,21)/t9?,10?,11-/m0/s1. The molecule has 1 aliphatic rings. The number of nitrogens with one attached hydrogen (secondary N) is 1. The smallest absolute Gasteiger partial charge is 0.391 e. The van der Waals surface area contributed by atoms with E-state index < -0.39 is 35.9 Å². The van der Waals surface area contributed by atoms with Crippen molar-refractivity contribution in [1.82, 2.24) is 5.32 Å². The summed E-state index contributed by atoms with van der Waals surface area (Å²) < 4.78 is 38.1. The number of alkyl halides is 3. The largest absolute Gasteiger partial charge is 0.480 e. The number of carboxylic acid groups (broad SMARTS) is 1. The van der Waals surface area contributed by atoms with Crippen molar-refractivity contribution >= 4 is 11.9 Å². The zero-order valence-corrected chi connectivity index (χ0v) is 12.2. The first-order chi connectivity index (χ1) is 9.61. The fraction of sp³-hybridized carbons (Fsp3) is 0.857. The van der Waals surface area contributed by atoms with Crippen molar-refractivity contribution in [3.05, 3.63) is 0 Å². The first-order valence-electron chi connectivity index (χ1n) is 7.21. The van der Waals surface area contributed by atoms with Crippen LogP contribution in [0, 0.1) is 17.8 Å². The lowest BCUT2D eigenvalue weighted by Gasteiger charge is -2.30. The number of hydrogen-bond acceptors (Lipinski definition) is 2. The van der Waals surface area contributed by atoms with Crippen LogP contribution in [0.5, 0.6) is 0 Å². The van der Waals surface area contributed by atoms with Crippen molar-refractivity contribution in [2.45, 2.75) is 58.2 Å². The van der Waals surface area contributed by atoms with Gasteiger partial charge < -0.3 is 10.4 Å². The van der Waals surface area contributed by atoms with Gasteiger partial charge in [0, 0.05) is 5.92 Å². The van der Waals surface area contributed by atoms with E-state index in [-0.39, 0.29) is 25.2 Å². The molecule has 0 aromatic heterocycles. The lowest BCUT2D eigenvalue weighted by Crippen LogP contribution is -2.46. The molecule has 0 heterocycles. The summed E-state index contributed by atoms with van der Waals surface area (Å²) in [5, 5.41) is 11.4. The molecular weight excluding hydrogens is 287 g/mol. The van der Waals surface area contributed by atoms with Crippen LogP contribution in [0.3, 0.4) is 0 Å². The van der Waals surface area contributed by atoms with Crippen LogP contribution in [0.1, 0.15) is 46.0 Å². The molecule has 21 heavy (non-hydrogen) atoms. The van der Waals surface area contributed by atoms with E-state index in [1.165, 1.54) is 0 Å². The van der Waals surface area contributed by atoms with Gasteiger partial charge in [-0.2, -0.15) is 13.2 Å². The second-order valence-corrected chi connectivity index (χ2v) is 6.13. The van der Waals surface area contributed by atoms with E-state index in [0.29, 0.717) is 12.8 Å². The van der Waals surface area contributed by atoms with Gasteiger partial charge in [0.05, 0.1) is 5.92 Å². The number of carboxylic acids is 1. The first-order valence-corrected chi connectivity index (χ1v) is 7.21. The van der Waals surface area contributed by atoms with Gasteiger partial charge >= 0.3 is 12.1 Å². The van der Waals surface area contributed by atoms with E-state index in [0.717, 1.165) is 0 Å². The number of hydrogen-bond donors (Lipinski definition) is 2. The van der Waals surface area contributed by atoms with Gasteiger partial charge in [-0.05, 0) is 31.6 Å². The van der Waals surface area contributed by atoms with Gasteiger partial charge in [-0.3, -0.25) is 4.79 Å². The summed E-state index contributed by atoms with van der Waals surface area (Å²) in [6, 6.07) is -1.04. The number of carbonyl (C=O) groups excluding carboxylic acids is 1. The van der Waals surface area contributed by atoms with Crippen LogP contribution < -0.4 is 5.32 Å². The molecule has 1 aliphatic carbocycles. The lowest BCUT2D eigenvalue weighted by atomic mass is 9.80. The van der Waals surface area contributed by atoms with Crippen LogP contribution in [0.2, 0.25) is 0 Å². The van der Waals surface area contributed by atoms with Crippen LogP contribution in [-0.4, -0.2) is 29.2 Å². The van der Waals surface area contributed by atoms with Crippen LogP contribution in [-0.2, 0) is 9.59 Å². The molecule has 0 aromatic carbocycles. The first kappa shape index (κ1) is 17.8. The van der Waals surface area contributed by atoms with Gasteiger partial charge in [-0.15, -0.1) is 0 Å². The quantitative estimate of drug-likeness (QED) is 0.820. The Morgan fingerprint density at radius 3 is 2.38 bits per heavy atom. The number of rotatable bonds is 5. The Labute approximate surface area is 122 Å². The molecule has 2 N–H and O–H groups in total. The van der Waals surface area contributed by atoms with E-state index >= 15 is 0 Å². The second kappa shape index (κ2) is 7.13. The van der Waals surface area contributed by atoms with Crippen LogP contribution in [0.25, 0.3) is 0 Å². The Morgan fingerprint density at radius 2 is 1.90 bits per heavy atom. The highest BCUT2D eigenvalue weighted by molar-refractivity contribution is 5.85. The van der Waals surface area contributed by atoms with Crippen LogP contribution >= 0.6 is 0 Å². The summed E-state index contributed by atoms with van der Waals surface area (Å²) in [7, 11) is 0. The molecule has 0 aromatic rings. The number of amides is 1. The zero-order chi connectivity index (χ0) is 16.2. The molecular formula is C14H22F3NO3. The summed E-state index contributed by atoms with van der Waals surface area (Å²) in [4.78, 5) is 23.1. The van der Waals surface area contributed by atoms with Gasteiger partial charge in [0.2, 0.25) is 5.91 Å². The topological polar surface area (TPSA) is 66.4 Å². The molecule has 0 saturated heterocycles. The van der Waals surface area contributed by atoms with E-state index in [1.54, 1.807) is 0 Å². The molecule has 0 bridgehead atoms. The number of aliphatic carboxylic acids is 1. The van der Waals surface area contributed by atoms with Gasteiger partial charge in [-0.25, -0.2) is 4.79 Å². The maximum atomic E-state index is 12.7. The Morgan fingerprint density at radius 1 is 1.29 bits per heavy atom. The Balaban J connectivity index is 2.63. The summed E-state index contributed by atoms with van der Waals surface area (Å²) in [5.41, 5.74) is 0. The van der Waals surface area contributed by atoms with E-state index in [4.69, 9.17) is 5.11 Å². The Hall–Kier alpha value is -1.27. The highest BCUT2D eigenvalue weighted by atomic mass is 19.4. The molecule has 7 heteroatoms. The van der Waals surface area contributed by atoms with Crippen molar-refractivity contribution in [3.8, 4) is 0 Å². The normalized spacial score (nSPS) is 24.7. The number of carbonyl (C=O) groups is 2. The SMILES string of the molecule is CC(C)C[C@H](NC(=O)C1CCCC(C(F)(F)F)C1)C(=O)O. The van der Waals surface area contributed by atoms with Gasteiger partial charge in [0.25, 0.3) is 0 Å². The molecule has 1 rings (SSSR count). The summed E-state index contributed by atoms with van der Waals surface area (Å²) in [6.45, 7) is 3.64. The number of halogens is 3. The Kier molecular flexibility index (Phi) is 6.04. The average Bonchev–Trinajstić information content (AvgIpc) is 2.36. The maximum Gasteiger partial charge on any atom is 0.391 e. The minimum absolute atomic E-state index is 0.0433. The maximum absolute atomic E-state index is 12.7. The monoisotopic (exact) mass is 309 g/mol. The van der Waals surface area contributed by atoms with Crippen LogP contribution in [0.4, 0.5) is 13.2 Å². The van der Waals surface area contributed by atoms with Gasteiger partial charge in [-0.1, -0.05) is 20.3 Å². The molecule has 0 radical (unpaired) electrons. The summed E-state index contributed by atoms with van der Waals surface area (Å²) in [5.74, 6) is -3.87. The molecule has 4 nitrogen and oxygen atoms in total. The minimum atomic E-state index is -4.29. The minimum Gasteiger partial charge on any atom is -0.480 e. The molecule has 1 saturated carbocycles. The average molecular weight is 309 g/mol. The van der Waals surface area contributed by atoms with E-state index in [2.05, 4.69) is 5.32 Å². The molecule has 3 atom stereocenters. The third-order valence-electron chi connectivity index (χ3n) is 3.83. The molecule has 0 spiro atoms. The predicted octanol–water partition coefficient (Wildman–Crippen LogP) is 2.97. The molecule has 1 fully saturated rings. The molecule has 2 unspecified atom stereocenters. The third kappa shape index (κ3) is 5.55. The highest BCUT2D eigenvalue weighted by Gasteiger charge is 2.43. The second-order valence-electron chi connectivity index (χ2n) is 6.13. The highest BCUT2D eigenvalue weighted by Crippen LogP contribution is 2.39. The van der Waals surface area contributed by atoms with Crippen molar-refractivity contribution in [1.29, 1.82) is 0 Å². The Bertz CT molecular complexity index is 382. The fourth-order valence-electron chi connectivity index (χ4n) is 2.71. The predicted molar refractivity (Wildman–Crippen MR) is 70.5 cm³/mol. The van der Waals surface area contributed by atoms with Crippen molar-refractivity contribution < 1.29 is 27.9 Å². The molecule has 0 aliphatic heterocycles. The van der Waals surface area contributed by atoms with Gasteiger partial charge in [0.15, 0.2) is 0 Å². The van der Waals surface area contributed by atoms with E-state index in [9.17, 15) is 22.8 Å². The summed E-state index contributed by atoms with van der Waals surface area (Å²) >= 11 is 0. The van der Waals surface area contributed by atoms with Crippen molar-refractivity contribution in [3.63, 3.8) is 0 Å².